The summed E-state index contributed by atoms with van der Waals surface area (Å²) in [5, 5.41) is 6.50. The molecule has 23 heavy (non-hydrogen) atoms. The van der Waals surface area contributed by atoms with E-state index in [0.29, 0.717) is 12.3 Å². The zero-order valence-electron chi connectivity index (χ0n) is 13.8. The molecular formula is C18H27ClN2O2. The molecule has 1 aliphatic heterocycles. The van der Waals surface area contributed by atoms with Crippen LogP contribution in [-0.2, 0) is 10.2 Å². The second kappa shape index (κ2) is 8.02. The second-order valence-corrected chi connectivity index (χ2v) is 6.65. The van der Waals surface area contributed by atoms with Gasteiger partial charge in [0.15, 0.2) is 0 Å². The smallest absolute Gasteiger partial charge is 0.220 e. The van der Waals surface area contributed by atoms with Crippen molar-refractivity contribution in [3.63, 3.8) is 0 Å². The van der Waals surface area contributed by atoms with Gasteiger partial charge < -0.3 is 15.4 Å². The lowest BCUT2D eigenvalue weighted by Crippen LogP contribution is -2.32. The summed E-state index contributed by atoms with van der Waals surface area (Å²) in [4.78, 5) is 12.1. The number of carbonyl (C=O) groups excluding carboxylic acids is 1. The van der Waals surface area contributed by atoms with Gasteiger partial charge in [-0.2, -0.15) is 0 Å². The van der Waals surface area contributed by atoms with Crippen molar-refractivity contribution >= 4 is 18.3 Å². The monoisotopic (exact) mass is 338 g/mol. The number of benzene rings is 1. The van der Waals surface area contributed by atoms with Crippen LogP contribution in [0.5, 0.6) is 5.75 Å². The summed E-state index contributed by atoms with van der Waals surface area (Å²) in [5.41, 5.74) is 1.33. The normalized spacial score (nSPS) is 21.3. The zero-order chi connectivity index (χ0) is 15.4. The van der Waals surface area contributed by atoms with Crippen molar-refractivity contribution in [1.82, 2.24) is 10.6 Å². The minimum Gasteiger partial charge on any atom is -0.496 e. The lowest BCUT2D eigenvalue weighted by Gasteiger charge is -2.19. The van der Waals surface area contributed by atoms with Crippen LogP contribution in [0.1, 0.15) is 37.7 Å². The van der Waals surface area contributed by atoms with Crippen LogP contribution in [0.4, 0.5) is 0 Å². The minimum absolute atomic E-state index is 0. The van der Waals surface area contributed by atoms with Crippen molar-refractivity contribution in [2.45, 2.75) is 37.5 Å². The zero-order valence-corrected chi connectivity index (χ0v) is 14.6. The average Bonchev–Trinajstić information content (AvgIpc) is 3.16. The highest BCUT2D eigenvalue weighted by Gasteiger charge is 2.46. The van der Waals surface area contributed by atoms with Gasteiger partial charge in [0.05, 0.1) is 7.11 Å². The molecule has 1 aromatic carbocycles. The molecule has 0 radical (unpaired) electrons. The third kappa shape index (κ3) is 4.39. The van der Waals surface area contributed by atoms with Gasteiger partial charge in [0.25, 0.3) is 0 Å². The summed E-state index contributed by atoms with van der Waals surface area (Å²) in [6, 6.07) is 8.17. The van der Waals surface area contributed by atoms with E-state index in [9.17, 15) is 4.79 Å². The van der Waals surface area contributed by atoms with Crippen molar-refractivity contribution in [2.24, 2.45) is 5.92 Å². The van der Waals surface area contributed by atoms with Gasteiger partial charge in [-0.1, -0.05) is 18.2 Å². The molecule has 128 valence electrons. The standard InChI is InChI=1S/C18H26N2O2.ClH/c1-22-16-5-3-2-4-15(16)18(9-10-18)13-20-17(21)7-6-14-8-11-19-12-14;/h2-5,14,19H,6-13H2,1H3,(H,20,21);1H. The Kier molecular flexibility index (Phi) is 6.31. The molecule has 3 rings (SSSR count). The number of amides is 1. The molecule has 1 unspecified atom stereocenters. The number of hydrogen-bond donors (Lipinski definition) is 2. The van der Waals surface area contributed by atoms with Crippen LogP contribution in [0.2, 0.25) is 0 Å². The van der Waals surface area contributed by atoms with E-state index in [2.05, 4.69) is 16.7 Å². The molecule has 1 heterocycles. The van der Waals surface area contributed by atoms with Crippen LogP contribution in [-0.4, -0.2) is 32.7 Å². The van der Waals surface area contributed by atoms with Crippen LogP contribution >= 0.6 is 12.4 Å². The molecule has 1 atom stereocenters. The van der Waals surface area contributed by atoms with Gasteiger partial charge in [-0.3, -0.25) is 4.79 Å². The van der Waals surface area contributed by atoms with Gasteiger partial charge in [-0.15, -0.1) is 12.4 Å². The van der Waals surface area contributed by atoms with E-state index in [1.54, 1.807) is 7.11 Å². The van der Waals surface area contributed by atoms with E-state index in [1.807, 2.05) is 18.2 Å². The third-order valence-electron chi connectivity index (χ3n) is 5.10. The third-order valence-corrected chi connectivity index (χ3v) is 5.10. The molecule has 0 spiro atoms. The highest BCUT2D eigenvalue weighted by Crippen LogP contribution is 2.50. The first-order valence-electron chi connectivity index (χ1n) is 8.34. The van der Waals surface area contributed by atoms with Crippen molar-refractivity contribution in [3.8, 4) is 5.75 Å². The number of methoxy groups -OCH3 is 1. The number of rotatable bonds is 7. The Labute approximate surface area is 144 Å². The topological polar surface area (TPSA) is 50.4 Å². The van der Waals surface area contributed by atoms with Gasteiger partial charge in [0, 0.05) is 23.9 Å². The molecule has 1 amide bonds. The van der Waals surface area contributed by atoms with Gasteiger partial charge in [0.2, 0.25) is 5.91 Å². The Balaban J connectivity index is 0.00000192. The first-order valence-corrected chi connectivity index (χ1v) is 8.34. The van der Waals surface area contributed by atoms with E-state index < -0.39 is 0 Å². The van der Waals surface area contributed by atoms with E-state index in [-0.39, 0.29) is 23.7 Å². The predicted molar refractivity (Wildman–Crippen MR) is 94.4 cm³/mol. The Morgan fingerprint density at radius 1 is 1.39 bits per heavy atom. The lowest BCUT2D eigenvalue weighted by atomic mass is 9.94. The number of nitrogens with one attached hydrogen (secondary N) is 2. The van der Waals surface area contributed by atoms with E-state index in [4.69, 9.17) is 4.74 Å². The number of halogens is 1. The van der Waals surface area contributed by atoms with E-state index in [0.717, 1.165) is 44.6 Å². The SMILES string of the molecule is COc1ccccc1C1(CNC(=O)CCC2CCNC2)CC1.Cl. The van der Waals surface area contributed by atoms with Crippen LogP contribution in [0.3, 0.4) is 0 Å². The molecule has 5 heteroatoms. The van der Waals surface area contributed by atoms with Crippen LogP contribution in [0.15, 0.2) is 24.3 Å². The predicted octanol–water partition coefficient (Wildman–Crippen LogP) is 2.65. The van der Waals surface area contributed by atoms with Crippen LogP contribution in [0, 0.1) is 5.92 Å². The Bertz CT molecular complexity index is 526. The van der Waals surface area contributed by atoms with Crippen molar-refractivity contribution < 1.29 is 9.53 Å². The molecule has 0 aromatic heterocycles. The van der Waals surface area contributed by atoms with Crippen LogP contribution < -0.4 is 15.4 Å². The fourth-order valence-electron chi connectivity index (χ4n) is 3.43. The Hall–Kier alpha value is -1.26. The minimum atomic E-state index is 0. The van der Waals surface area contributed by atoms with Crippen molar-refractivity contribution in [1.29, 1.82) is 0 Å². The molecule has 1 aliphatic carbocycles. The molecule has 2 fully saturated rings. The summed E-state index contributed by atoms with van der Waals surface area (Å²) < 4.78 is 5.47. The fourth-order valence-corrected chi connectivity index (χ4v) is 3.43. The summed E-state index contributed by atoms with van der Waals surface area (Å²) in [6.07, 6.45) is 5.10. The quantitative estimate of drug-likeness (QED) is 0.803. The largest absolute Gasteiger partial charge is 0.496 e. The number of carbonyl (C=O) groups is 1. The summed E-state index contributed by atoms with van der Waals surface area (Å²) >= 11 is 0. The molecule has 2 aliphatic rings. The summed E-state index contributed by atoms with van der Waals surface area (Å²) in [6.45, 7) is 2.90. The molecule has 1 saturated carbocycles. The molecule has 1 saturated heterocycles. The maximum atomic E-state index is 12.1. The maximum Gasteiger partial charge on any atom is 0.220 e. The van der Waals surface area contributed by atoms with Gasteiger partial charge in [-0.05, 0) is 50.8 Å². The number of para-hydroxylation sites is 1. The molecule has 0 bridgehead atoms. The van der Waals surface area contributed by atoms with Gasteiger partial charge >= 0.3 is 0 Å². The van der Waals surface area contributed by atoms with Crippen molar-refractivity contribution in [2.75, 3.05) is 26.7 Å². The van der Waals surface area contributed by atoms with Gasteiger partial charge in [-0.25, -0.2) is 0 Å². The first-order chi connectivity index (χ1) is 10.7. The number of ether oxygens (including phenoxy) is 1. The van der Waals surface area contributed by atoms with E-state index >= 15 is 0 Å². The number of hydrogen-bond acceptors (Lipinski definition) is 3. The fraction of sp³-hybridized carbons (Fsp3) is 0.611. The van der Waals surface area contributed by atoms with E-state index in [1.165, 1.54) is 12.0 Å². The Morgan fingerprint density at radius 3 is 2.83 bits per heavy atom. The van der Waals surface area contributed by atoms with Crippen molar-refractivity contribution in [3.05, 3.63) is 29.8 Å². The lowest BCUT2D eigenvalue weighted by molar-refractivity contribution is -0.121. The highest BCUT2D eigenvalue weighted by atomic mass is 35.5. The van der Waals surface area contributed by atoms with Gasteiger partial charge in [0.1, 0.15) is 5.75 Å². The molecule has 4 nitrogen and oxygen atoms in total. The maximum absolute atomic E-state index is 12.1. The summed E-state index contributed by atoms with van der Waals surface area (Å²) in [5.74, 6) is 1.80. The Morgan fingerprint density at radius 2 is 2.17 bits per heavy atom. The average molecular weight is 339 g/mol. The molecule has 1 aromatic rings. The van der Waals surface area contributed by atoms with Crippen LogP contribution in [0.25, 0.3) is 0 Å². The molecular weight excluding hydrogens is 312 g/mol. The highest BCUT2D eigenvalue weighted by molar-refractivity contribution is 5.85. The second-order valence-electron chi connectivity index (χ2n) is 6.65. The first kappa shape index (κ1) is 18.1. The molecule has 2 N–H and O–H groups in total. The summed E-state index contributed by atoms with van der Waals surface area (Å²) in [7, 11) is 1.71.